The van der Waals surface area contributed by atoms with E-state index in [0.717, 1.165) is 24.2 Å². The number of nitrogens with zero attached hydrogens (tertiary/aromatic N) is 1. The first-order chi connectivity index (χ1) is 8.59. The lowest BCUT2D eigenvalue weighted by atomic mass is 9.74. The molecule has 3 aliphatic rings. The molecule has 2 atom stereocenters. The minimum atomic E-state index is 0.610. The molecule has 3 rings (SSSR count). The SMILES string of the molecule is CNC1CC2CCC(C1)N2C1CCC(C)(C)CC1. The van der Waals surface area contributed by atoms with Crippen LogP contribution in [-0.4, -0.2) is 36.1 Å². The summed E-state index contributed by atoms with van der Waals surface area (Å²) in [4.78, 5) is 2.95. The van der Waals surface area contributed by atoms with Gasteiger partial charge in [-0.3, -0.25) is 4.90 Å². The maximum atomic E-state index is 3.51. The first kappa shape index (κ1) is 12.9. The maximum Gasteiger partial charge on any atom is 0.0116 e. The van der Waals surface area contributed by atoms with Crippen LogP contribution in [0.1, 0.15) is 65.2 Å². The van der Waals surface area contributed by atoms with Crippen molar-refractivity contribution in [3.05, 3.63) is 0 Å². The third-order valence-corrected chi connectivity index (χ3v) is 5.93. The number of piperidine rings is 1. The van der Waals surface area contributed by atoms with E-state index in [9.17, 15) is 0 Å². The highest BCUT2D eigenvalue weighted by Gasteiger charge is 2.44. The zero-order valence-corrected chi connectivity index (χ0v) is 12.4. The van der Waals surface area contributed by atoms with Crippen molar-refractivity contribution in [1.29, 1.82) is 0 Å². The van der Waals surface area contributed by atoms with Crippen molar-refractivity contribution in [1.82, 2.24) is 10.2 Å². The van der Waals surface area contributed by atoms with Gasteiger partial charge >= 0.3 is 0 Å². The number of rotatable bonds is 2. The van der Waals surface area contributed by atoms with E-state index >= 15 is 0 Å². The fraction of sp³-hybridized carbons (Fsp3) is 1.00. The molecule has 2 aliphatic heterocycles. The smallest absolute Gasteiger partial charge is 0.0116 e. The molecule has 3 fully saturated rings. The summed E-state index contributed by atoms with van der Waals surface area (Å²) in [5.41, 5.74) is 0.610. The van der Waals surface area contributed by atoms with Gasteiger partial charge in [0, 0.05) is 24.2 Å². The predicted molar refractivity (Wildman–Crippen MR) is 76.8 cm³/mol. The Hall–Kier alpha value is -0.0800. The minimum absolute atomic E-state index is 0.610. The molecule has 2 unspecified atom stereocenters. The Labute approximate surface area is 113 Å². The highest BCUT2D eigenvalue weighted by Crippen LogP contribution is 2.43. The fourth-order valence-electron chi connectivity index (χ4n) is 4.73. The fourth-order valence-corrected chi connectivity index (χ4v) is 4.73. The summed E-state index contributed by atoms with van der Waals surface area (Å²) in [6.07, 6.45) is 11.5. The molecule has 18 heavy (non-hydrogen) atoms. The largest absolute Gasteiger partial charge is 0.317 e. The summed E-state index contributed by atoms with van der Waals surface area (Å²) in [5.74, 6) is 0. The molecule has 0 aromatic carbocycles. The number of nitrogens with one attached hydrogen (secondary N) is 1. The van der Waals surface area contributed by atoms with Gasteiger partial charge in [-0.15, -0.1) is 0 Å². The van der Waals surface area contributed by atoms with E-state index in [0.29, 0.717) is 5.41 Å². The van der Waals surface area contributed by atoms with Gasteiger partial charge in [0.25, 0.3) is 0 Å². The molecule has 0 spiro atoms. The van der Waals surface area contributed by atoms with Gasteiger partial charge in [-0.2, -0.15) is 0 Å². The van der Waals surface area contributed by atoms with Crippen molar-refractivity contribution in [2.24, 2.45) is 5.41 Å². The standard InChI is InChI=1S/C16H30N2/c1-16(2)8-6-13(7-9-16)18-14-4-5-15(18)11-12(10-14)17-3/h12-15,17H,4-11H2,1-3H3. The molecule has 2 nitrogen and oxygen atoms in total. The summed E-state index contributed by atoms with van der Waals surface area (Å²) in [7, 11) is 2.14. The molecule has 1 aliphatic carbocycles. The van der Waals surface area contributed by atoms with Crippen LogP contribution in [0, 0.1) is 5.41 Å². The van der Waals surface area contributed by atoms with Crippen LogP contribution < -0.4 is 5.32 Å². The Bertz CT molecular complexity index is 275. The average molecular weight is 250 g/mol. The normalized spacial score (nSPS) is 41.2. The molecule has 1 N–H and O–H groups in total. The van der Waals surface area contributed by atoms with Crippen molar-refractivity contribution in [2.45, 2.75) is 89.4 Å². The number of hydrogen-bond donors (Lipinski definition) is 1. The van der Waals surface area contributed by atoms with E-state index < -0.39 is 0 Å². The topological polar surface area (TPSA) is 15.3 Å². The lowest BCUT2D eigenvalue weighted by molar-refractivity contribution is 0.0324. The highest BCUT2D eigenvalue weighted by atomic mass is 15.3. The molecular formula is C16H30N2. The third-order valence-electron chi connectivity index (χ3n) is 5.93. The van der Waals surface area contributed by atoms with Crippen LogP contribution in [0.2, 0.25) is 0 Å². The van der Waals surface area contributed by atoms with Gasteiger partial charge in [0.2, 0.25) is 0 Å². The van der Waals surface area contributed by atoms with E-state index in [1.165, 1.54) is 51.4 Å². The third kappa shape index (κ3) is 2.34. The number of hydrogen-bond acceptors (Lipinski definition) is 2. The number of fused-ring (bicyclic) bond motifs is 2. The molecule has 1 saturated carbocycles. The van der Waals surface area contributed by atoms with Gasteiger partial charge in [-0.05, 0) is 63.8 Å². The molecular weight excluding hydrogens is 220 g/mol. The Kier molecular flexibility index (Phi) is 3.44. The van der Waals surface area contributed by atoms with Crippen LogP contribution in [0.25, 0.3) is 0 Å². The maximum absolute atomic E-state index is 3.51. The molecule has 0 amide bonds. The van der Waals surface area contributed by atoms with Gasteiger partial charge in [0.1, 0.15) is 0 Å². The van der Waals surface area contributed by atoms with Crippen molar-refractivity contribution >= 4 is 0 Å². The molecule has 0 aromatic heterocycles. The molecule has 2 heterocycles. The van der Waals surface area contributed by atoms with Gasteiger partial charge < -0.3 is 5.32 Å². The predicted octanol–water partition coefficient (Wildman–Crippen LogP) is 3.17. The Morgan fingerprint density at radius 1 is 0.889 bits per heavy atom. The molecule has 2 saturated heterocycles. The van der Waals surface area contributed by atoms with Crippen LogP contribution in [0.5, 0.6) is 0 Å². The Morgan fingerprint density at radius 2 is 1.44 bits per heavy atom. The van der Waals surface area contributed by atoms with Gasteiger partial charge in [-0.25, -0.2) is 0 Å². The van der Waals surface area contributed by atoms with Crippen LogP contribution in [-0.2, 0) is 0 Å². The summed E-state index contributed by atoms with van der Waals surface area (Å²) < 4.78 is 0. The molecule has 2 heteroatoms. The second kappa shape index (κ2) is 4.79. The molecule has 2 bridgehead atoms. The Morgan fingerprint density at radius 3 is 1.94 bits per heavy atom. The van der Waals surface area contributed by atoms with Crippen molar-refractivity contribution in [3.8, 4) is 0 Å². The zero-order chi connectivity index (χ0) is 12.8. The van der Waals surface area contributed by atoms with Crippen LogP contribution in [0.4, 0.5) is 0 Å². The Balaban J connectivity index is 1.64. The van der Waals surface area contributed by atoms with Gasteiger partial charge in [0.05, 0.1) is 0 Å². The second-order valence-electron chi connectivity index (χ2n) is 7.68. The monoisotopic (exact) mass is 250 g/mol. The molecule has 0 radical (unpaired) electrons. The first-order valence-electron chi connectivity index (χ1n) is 8.04. The van der Waals surface area contributed by atoms with E-state index in [-0.39, 0.29) is 0 Å². The second-order valence-corrected chi connectivity index (χ2v) is 7.68. The van der Waals surface area contributed by atoms with Crippen LogP contribution in [0.15, 0.2) is 0 Å². The van der Waals surface area contributed by atoms with Crippen molar-refractivity contribution in [3.63, 3.8) is 0 Å². The molecule has 0 aromatic rings. The van der Waals surface area contributed by atoms with Crippen molar-refractivity contribution in [2.75, 3.05) is 7.05 Å². The van der Waals surface area contributed by atoms with E-state index in [1.807, 2.05) is 0 Å². The molecule has 104 valence electrons. The van der Waals surface area contributed by atoms with E-state index in [1.54, 1.807) is 0 Å². The van der Waals surface area contributed by atoms with E-state index in [4.69, 9.17) is 0 Å². The zero-order valence-electron chi connectivity index (χ0n) is 12.4. The lowest BCUT2D eigenvalue weighted by Crippen LogP contribution is -2.53. The van der Waals surface area contributed by atoms with Gasteiger partial charge in [0.15, 0.2) is 0 Å². The lowest BCUT2D eigenvalue weighted by Gasteiger charge is -2.47. The quantitative estimate of drug-likeness (QED) is 0.810. The summed E-state index contributed by atoms with van der Waals surface area (Å²) in [5, 5.41) is 3.51. The van der Waals surface area contributed by atoms with E-state index in [2.05, 4.69) is 31.1 Å². The average Bonchev–Trinajstić information content (AvgIpc) is 2.60. The van der Waals surface area contributed by atoms with Crippen LogP contribution in [0.3, 0.4) is 0 Å². The van der Waals surface area contributed by atoms with Crippen LogP contribution >= 0.6 is 0 Å². The summed E-state index contributed by atoms with van der Waals surface area (Å²) >= 11 is 0. The highest BCUT2D eigenvalue weighted by molar-refractivity contribution is 5.01. The summed E-state index contributed by atoms with van der Waals surface area (Å²) in [6.45, 7) is 4.90. The van der Waals surface area contributed by atoms with Gasteiger partial charge in [-0.1, -0.05) is 13.8 Å². The first-order valence-corrected chi connectivity index (χ1v) is 8.04. The minimum Gasteiger partial charge on any atom is -0.317 e. The van der Waals surface area contributed by atoms with Crippen molar-refractivity contribution < 1.29 is 0 Å². The summed E-state index contributed by atoms with van der Waals surface area (Å²) in [6, 6.07) is 3.49.